The van der Waals surface area contributed by atoms with Crippen LogP contribution in [0.25, 0.3) is 0 Å². The lowest BCUT2D eigenvalue weighted by Gasteiger charge is -2.20. The number of aliphatic hydroxyl groups is 1. The minimum atomic E-state index is -0.162. The molecule has 1 atom stereocenters. The largest absolute Gasteiger partial charge is 0.392 e. The topological polar surface area (TPSA) is 32.3 Å². The van der Waals surface area contributed by atoms with E-state index in [0.717, 1.165) is 25.9 Å². The maximum atomic E-state index is 9.95. The van der Waals surface area contributed by atoms with E-state index in [1.807, 2.05) is 0 Å². The first-order chi connectivity index (χ1) is 8.76. The molecule has 0 heterocycles. The molecule has 0 aromatic carbocycles. The number of rotatable bonds is 13. The molecule has 0 aromatic heterocycles. The van der Waals surface area contributed by atoms with Crippen LogP contribution in [-0.4, -0.2) is 24.3 Å². The van der Waals surface area contributed by atoms with E-state index in [1.54, 1.807) is 0 Å². The van der Waals surface area contributed by atoms with Gasteiger partial charge in [0.2, 0.25) is 0 Å². The van der Waals surface area contributed by atoms with Crippen molar-refractivity contribution in [2.75, 3.05) is 13.1 Å². The van der Waals surface area contributed by atoms with E-state index in [4.69, 9.17) is 0 Å². The quantitative estimate of drug-likeness (QED) is 0.486. The van der Waals surface area contributed by atoms with Crippen LogP contribution < -0.4 is 5.32 Å². The summed E-state index contributed by atoms with van der Waals surface area (Å²) in [6, 6.07) is 0. The SMILES string of the molecule is CCCCCCCCCNCC(O)C(CC)CC. The average Bonchev–Trinajstić information content (AvgIpc) is 2.38. The molecule has 2 heteroatoms. The fraction of sp³-hybridized carbons (Fsp3) is 1.00. The van der Waals surface area contributed by atoms with E-state index in [0.29, 0.717) is 5.92 Å². The number of unbranched alkanes of at least 4 members (excludes halogenated alkanes) is 6. The lowest BCUT2D eigenvalue weighted by Crippen LogP contribution is -2.33. The zero-order chi connectivity index (χ0) is 13.6. The number of hydrogen-bond donors (Lipinski definition) is 2. The van der Waals surface area contributed by atoms with Crippen LogP contribution >= 0.6 is 0 Å². The number of aliphatic hydroxyl groups excluding tert-OH is 1. The van der Waals surface area contributed by atoms with Crippen molar-refractivity contribution < 1.29 is 5.11 Å². The predicted molar refractivity (Wildman–Crippen MR) is 80.9 cm³/mol. The van der Waals surface area contributed by atoms with Gasteiger partial charge >= 0.3 is 0 Å². The van der Waals surface area contributed by atoms with Gasteiger partial charge in [0, 0.05) is 6.54 Å². The molecule has 2 N–H and O–H groups in total. The van der Waals surface area contributed by atoms with Gasteiger partial charge in [-0.1, -0.05) is 72.1 Å². The van der Waals surface area contributed by atoms with Crippen molar-refractivity contribution in [3.05, 3.63) is 0 Å². The normalized spacial score (nSPS) is 13.2. The molecule has 110 valence electrons. The van der Waals surface area contributed by atoms with Gasteiger partial charge < -0.3 is 10.4 Å². The van der Waals surface area contributed by atoms with Gasteiger partial charge in [-0.2, -0.15) is 0 Å². The van der Waals surface area contributed by atoms with E-state index in [1.165, 1.54) is 44.9 Å². The van der Waals surface area contributed by atoms with Crippen molar-refractivity contribution >= 4 is 0 Å². The maximum absolute atomic E-state index is 9.95. The minimum Gasteiger partial charge on any atom is -0.392 e. The number of nitrogens with one attached hydrogen (secondary N) is 1. The summed E-state index contributed by atoms with van der Waals surface area (Å²) in [5.41, 5.74) is 0. The standard InChI is InChI=1S/C16H35NO/c1-4-7-8-9-10-11-12-13-17-14-16(18)15(5-2)6-3/h15-18H,4-14H2,1-3H3. The zero-order valence-corrected chi connectivity index (χ0v) is 12.9. The fourth-order valence-electron chi connectivity index (χ4n) is 2.46. The summed E-state index contributed by atoms with van der Waals surface area (Å²) in [6.07, 6.45) is 11.5. The van der Waals surface area contributed by atoms with Gasteiger partial charge in [0.1, 0.15) is 0 Å². The van der Waals surface area contributed by atoms with Crippen LogP contribution in [0.2, 0.25) is 0 Å². The molecule has 2 nitrogen and oxygen atoms in total. The van der Waals surface area contributed by atoms with Crippen LogP contribution in [0.5, 0.6) is 0 Å². The highest BCUT2D eigenvalue weighted by atomic mass is 16.3. The third-order valence-electron chi connectivity index (χ3n) is 3.90. The third-order valence-corrected chi connectivity index (χ3v) is 3.90. The second kappa shape index (κ2) is 13.4. The van der Waals surface area contributed by atoms with E-state index in [2.05, 4.69) is 26.1 Å². The molecule has 0 saturated carbocycles. The molecule has 0 saturated heterocycles. The van der Waals surface area contributed by atoms with Gasteiger partial charge in [-0.3, -0.25) is 0 Å². The highest BCUT2D eigenvalue weighted by Gasteiger charge is 2.14. The van der Waals surface area contributed by atoms with Gasteiger partial charge in [0.15, 0.2) is 0 Å². The Kier molecular flexibility index (Phi) is 13.3. The average molecular weight is 257 g/mol. The zero-order valence-electron chi connectivity index (χ0n) is 12.9. The van der Waals surface area contributed by atoms with Crippen LogP contribution in [0.3, 0.4) is 0 Å². The van der Waals surface area contributed by atoms with Crippen molar-refractivity contribution in [3.63, 3.8) is 0 Å². The van der Waals surface area contributed by atoms with Gasteiger partial charge in [0.25, 0.3) is 0 Å². The van der Waals surface area contributed by atoms with Crippen molar-refractivity contribution in [1.82, 2.24) is 5.32 Å². The smallest absolute Gasteiger partial charge is 0.0692 e. The molecule has 0 aliphatic heterocycles. The molecular weight excluding hydrogens is 222 g/mol. The van der Waals surface area contributed by atoms with Gasteiger partial charge in [0.05, 0.1) is 6.10 Å². The summed E-state index contributed by atoms with van der Waals surface area (Å²) >= 11 is 0. The number of hydrogen-bond acceptors (Lipinski definition) is 2. The first-order valence-corrected chi connectivity index (χ1v) is 8.14. The lowest BCUT2D eigenvalue weighted by atomic mass is 9.96. The summed E-state index contributed by atoms with van der Waals surface area (Å²) in [7, 11) is 0. The summed E-state index contributed by atoms with van der Waals surface area (Å²) in [5, 5.41) is 13.3. The maximum Gasteiger partial charge on any atom is 0.0692 e. The van der Waals surface area contributed by atoms with Crippen molar-refractivity contribution in [2.45, 2.75) is 84.7 Å². The Hall–Kier alpha value is -0.0800. The molecular formula is C16H35NO. The first-order valence-electron chi connectivity index (χ1n) is 8.14. The Bertz CT molecular complexity index is 157. The van der Waals surface area contributed by atoms with Crippen LogP contribution in [0.1, 0.15) is 78.6 Å². The summed E-state index contributed by atoms with van der Waals surface area (Å²) in [4.78, 5) is 0. The van der Waals surface area contributed by atoms with Crippen molar-refractivity contribution in [3.8, 4) is 0 Å². The van der Waals surface area contributed by atoms with E-state index < -0.39 is 0 Å². The lowest BCUT2D eigenvalue weighted by molar-refractivity contribution is 0.101. The molecule has 0 aromatic rings. The molecule has 0 bridgehead atoms. The van der Waals surface area contributed by atoms with E-state index >= 15 is 0 Å². The molecule has 0 spiro atoms. The highest BCUT2D eigenvalue weighted by molar-refractivity contribution is 4.68. The monoisotopic (exact) mass is 257 g/mol. The Morgan fingerprint density at radius 3 is 1.94 bits per heavy atom. The Balaban J connectivity index is 3.24. The van der Waals surface area contributed by atoms with Crippen molar-refractivity contribution in [2.24, 2.45) is 5.92 Å². The Labute approximate surface area is 115 Å². The van der Waals surface area contributed by atoms with E-state index in [9.17, 15) is 5.11 Å². The molecule has 0 radical (unpaired) electrons. The molecule has 0 amide bonds. The first kappa shape index (κ1) is 17.9. The third kappa shape index (κ3) is 9.90. The molecule has 18 heavy (non-hydrogen) atoms. The van der Waals surface area contributed by atoms with Crippen LogP contribution in [0, 0.1) is 5.92 Å². The van der Waals surface area contributed by atoms with E-state index in [-0.39, 0.29) is 6.10 Å². The summed E-state index contributed by atoms with van der Waals surface area (Å²) < 4.78 is 0. The van der Waals surface area contributed by atoms with Gasteiger partial charge in [-0.25, -0.2) is 0 Å². The highest BCUT2D eigenvalue weighted by Crippen LogP contribution is 2.12. The molecule has 1 unspecified atom stereocenters. The fourth-order valence-corrected chi connectivity index (χ4v) is 2.46. The molecule has 0 aliphatic rings. The summed E-state index contributed by atoms with van der Waals surface area (Å²) in [5.74, 6) is 0.464. The molecule has 0 fully saturated rings. The van der Waals surface area contributed by atoms with Crippen LogP contribution in [0.4, 0.5) is 0 Å². The predicted octanol–water partition coefficient (Wildman–Crippen LogP) is 4.12. The molecule has 0 aliphatic carbocycles. The summed E-state index contributed by atoms with van der Waals surface area (Å²) in [6.45, 7) is 8.41. The minimum absolute atomic E-state index is 0.162. The second-order valence-electron chi connectivity index (χ2n) is 5.47. The Morgan fingerprint density at radius 2 is 1.39 bits per heavy atom. The van der Waals surface area contributed by atoms with Gasteiger partial charge in [-0.05, 0) is 18.9 Å². The Morgan fingerprint density at radius 1 is 0.833 bits per heavy atom. The second-order valence-corrected chi connectivity index (χ2v) is 5.47. The molecule has 0 rings (SSSR count). The van der Waals surface area contributed by atoms with Crippen molar-refractivity contribution in [1.29, 1.82) is 0 Å². The van der Waals surface area contributed by atoms with Crippen LogP contribution in [-0.2, 0) is 0 Å². The van der Waals surface area contributed by atoms with Crippen LogP contribution in [0.15, 0.2) is 0 Å². The van der Waals surface area contributed by atoms with Gasteiger partial charge in [-0.15, -0.1) is 0 Å².